The van der Waals surface area contributed by atoms with E-state index < -0.39 is 30.4 Å². The molecule has 0 bridgehead atoms. The maximum Gasteiger partial charge on any atom is 0.423 e. The van der Waals surface area contributed by atoms with E-state index in [0.717, 1.165) is 5.56 Å². The normalized spacial score (nSPS) is 12.3. The minimum atomic E-state index is -4.95. The number of halogens is 6. The van der Waals surface area contributed by atoms with Gasteiger partial charge in [-0.2, -0.15) is 31.3 Å². The molecule has 10 heteroatoms. The number of rotatable bonds is 5. The van der Waals surface area contributed by atoms with Gasteiger partial charge < -0.3 is 10.1 Å². The molecule has 0 fully saturated rings. The Labute approximate surface area is 145 Å². The number of benzene rings is 1. The van der Waals surface area contributed by atoms with Crippen molar-refractivity contribution in [3.05, 3.63) is 41.6 Å². The molecule has 142 valence electrons. The first-order chi connectivity index (χ1) is 12.0. The summed E-state index contributed by atoms with van der Waals surface area (Å²) in [6.45, 7) is 1.92. The van der Waals surface area contributed by atoms with Crippen molar-refractivity contribution in [2.24, 2.45) is 0 Å². The van der Waals surface area contributed by atoms with Crippen LogP contribution in [0.15, 0.2) is 30.5 Å². The molecule has 2 rings (SSSR count). The van der Waals surface area contributed by atoms with Crippen molar-refractivity contribution in [3.63, 3.8) is 0 Å². The lowest BCUT2D eigenvalue weighted by Crippen LogP contribution is -2.22. The van der Waals surface area contributed by atoms with Crippen LogP contribution >= 0.6 is 0 Å². The molecule has 0 radical (unpaired) electrons. The Hall–Kier alpha value is -2.52. The lowest BCUT2D eigenvalue weighted by molar-refractivity contribution is -0.159. The zero-order valence-electron chi connectivity index (χ0n) is 13.7. The Morgan fingerprint density at radius 1 is 1.08 bits per heavy atom. The molecule has 1 aromatic carbocycles. The lowest BCUT2D eigenvalue weighted by atomic mass is 10.0. The molecule has 0 saturated heterocycles. The van der Waals surface area contributed by atoms with Crippen LogP contribution in [0.4, 0.5) is 38.0 Å². The van der Waals surface area contributed by atoms with Gasteiger partial charge in [0.2, 0.25) is 11.8 Å². The van der Waals surface area contributed by atoms with Crippen molar-refractivity contribution in [1.29, 1.82) is 0 Å². The van der Waals surface area contributed by atoms with Gasteiger partial charge in [-0.15, -0.1) is 0 Å². The fourth-order valence-electron chi connectivity index (χ4n) is 2.12. The average Bonchev–Trinajstić information content (AvgIpc) is 2.51. The van der Waals surface area contributed by atoms with Crippen LogP contribution < -0.4 is 10.1 Å². The number of nitrogens with one attached hydrogen (secondary N) is 1. The number of hydrogen-bond acceptors (Lipinski definition) is 4. The van der Waals surface area contributed by atoms with Crippen molar-refractivity contribution in [2.75, 3.05) is 11.9 Å². The van der Waals surface area contributed by atoms with Crippen LogP contribution in [0.2, 0.25) is 0 Å². The van der Waals surface area contributed by atoms with E-state index in [9.17, 15) is 26.3 Å². The monoisotopic (exact) mass is 379 g/mol. The first kappa shape index (κ1) is 19.8. The summed E-state index contributed by atoms with van der Waals surface area (Å²) in [5.41, 5.74) is -0.109. The fraction of sp³-hybridized carbons (Fsp3) is 0.375. The van der Waals surface area contributed by atoms with E-state index in [2.05, 4.69) is 20.0 Å². The molecule has 1 heterocycles. The molecular formula is C16H15F6N3O. The Morgan fingerprint density at radius 3 is 2.31 bits per heavy atom. The largest absolute Gasteiger partial charge is 0.467 e. The van der Waals surface area contributed by atoms with Gasteiger partial charge in [0, 0.05) is 11.9 Å². The summed E-state index contributed by atoms with van der Waals surface area (Å²) in [7, 11) is 0. The van der Waals surface area contributed by atoms with Crippen molar-refractivity contribution < 1.29 is 31.1 Å². The summed E-state index contributed by atoms with van der Waals surface area (Å²) in [5.74, 6) is -1.40. The predicted molar refractivity (Wildman–Crippen MR) is 82.4 cm³/mol. The molecule has 2 aromatic rings. The molecule has 0 aliphatic heterocycles. The summed E-state index contributed by atoms with van der Waals surface area (Å²) in [4.78, 5) is 7.02. The topological polar surface area (TPSA) is 47.0 Å². The van der Waals surface area contributed by atoms with Gasteiger partial charge in [-0.25, -0.2) is 4.98 Å². The molecule has 0 unspecified atom stereocenters. The SMILES string of the molecule is CC(C)c1ccccc1Nc1ncc(C(F)(F)F)c(OCC(F)(F)F)n1. The minimum absolute atomic E-state index is 0.0918. The number of anilines is 2. The summed E-state index contributed by atoms with van der Waals surface area (Å²) in [6, 6.07) is 6.94. The summed E-state index contributed by atoms with van der Waals surface area (Å²) < 4.78 is 79.9. The van der Waals surface area contributed by atoms with Crippen LogP contribution in [0.5, 0.6) is 5.88 Å². The molecule has 1 aromatic heterocycles. The van der Waals surface area contributed by atoms with Crippen molar-refractivity contribution >= 4 is 11.6 Å². The first-order valence-electron chi connectivity index (χ1n) is 7.47. The number of alkyl halides is 6. The van der Waals surface area contributed by atoms with E-state index in [1.165, 1.54) is 0 Å². The Kier molecular flexibility index (Phi) is 5.62. The van der Waals surface area contributed by atoms with Crippen LogP contribution in [-0.2, 0) is 6.18 Å². The number of para-hydroxylation sites is 1. The van der Waals surface area contributed by atoms with Gasteiger partial charge >= 0.3 is 12.4 Å². The summed E-state index contributed by atoms with van der Waals surface area (Å²) >= 11 is 0. The molecule has 0 spiro atoms. The Morgan fingerprint density at radius 2 is 1.73 bits per heavy atom. The maximum atomic E-state index is 12.9. The second-order valence-electron chi connectivity index (χ2n) is 5.68. The van der Waals surface area contributed by atoms with Gasteiger partial charge in [0.15, 0.2) is 6.61 Å². The molecule has 1 N–H and O–H groups in total. The molecule has 0 saturated carbocycles. The highest BCUT2D eigenvalue weighted by Crippen LogP contribution is 2.36. The van der Waals surface area contributed by atoms with Gasteiger partial charge in [-0.3, -0.25) is 0 Å². The molecular weight excluding hydrogens is 364 g/mol. The highest BCUT2D eigenvalue weighted by atomic mass is 19.4. The second kappa shape index (κ2) is 7.38. The second-order valence-corrected chi connectivity index (χ2v) is 5.68. The molecule has 0 aliphatic rings. The molecule has 26 heavy (non-hydrogen) atoms. The number of hydrogen-bond donors (Lipinski definition) is 1. The number of aromatic nitrogens is 2. The van der Waals surface area contributed by atoms with E-state index in [0.29, 0.717) is 11.9 Å². The van der Waals surface area contributed by atoms with Crippen LogP contribution in [0.3, 0.4) is 0 Å². The summed E-state index contributed by atoms with van der Waals surface area (Å²) in [5, 5.41) is 2.72. The van der Waals surface area contributed by atoms with Gasteiger partial charge in [-0.1, -0.05) is 32.0 Å². The standard InChI is InChI=1S/C16H15F6N3O/c1-9(2)10-5-3-4-6-12(10)24-14-23-7-11(16(20,21)22)13(25-14)26-8-15(17,18)19/h3-7,9H,8H2,1-2H3,(H,23,24,25). The summed E-state index contributed by atoms with van der Waals surface area (Å²) in [6.07, 6.45) is -9.36. The Bertz CT molecular complexity index is 758. The predicted octanol–water partition coefficient (Wildman–Crippen LogP) is 5.30. The van der Waals surface area contributed by atoms with Crippen LogP contribution in [0, 0.1) is 0 Å². The third-order valence-electron chi connectivity index (χ3n) is 3.26. The van der Waals surface area contributed by atoms with E-state index >= 15 is 0 Å². The molecule has 0 amide bonds. The van der Waals surface area contributed by atoms with E-state index in [1.807, 2.05) is 13.8 Å². The molecule has 4 nitrogen and oxygen atoms in total. The zero-order valence-corrected chi connectivity index (χ0v) is 13.7. The zero-order chi connectivity index (χ0) is 19.5. The van der Waals surface area contributed by atoms with Crippen molar-refractivity contribution in [1.82, 2.24) is 9.97 Å². The van der Waals surface area contributed by atoms with Gasteiger partial charge in [0.1, 0.15) is 5.56 Å². The first-order valence-corrected chi connectivity index (χ1v) is 7.47. The quantitative estimate of drug-likeness (QED) is 0.716. The van der Waals surface area contributed by atoms with Crippen LogP contribution in [0.25, 0.3) is 0 Å². The van der Waals surface area contributed by atoms with E-state index in [-0.39, 0.29) is 11.9 Å². The van der Waals surface area contributed by atoms with Gasteiger partial charge in [-0.05, 0) is 17.5 Å². The fourth-order valence-corrected chi connectivity index (χ4v) is 2.12. The van der Waals surface area contributed by atoms with Crippen molar-refractivity contribution in [2.45, 2.75) is 32.1 Å². The van der Waals surface area contributed by atoms with Crippen LogP contribution in [-0.4, -0.2) is 22.8 Å². The highest BCUT2D eigenvalue weighted by molar-refractivity contribution is 5.59. The molecule has 0 atom stereocenters. The number of nitrogens with zero attached hydrogens (tertiary/aromatic N) is 2. The smallest absolute Gasteiger partial charge is 0.423 e. The van der Waals surface area contributed by atoms with Crippen LogP contribution in [0.1, 0.15) is 30.9 Å². The third kappa shape index (κ3) is 5.24. The average molecular weight is 379 g/mol. The lowest BCUT2D eigenvalue weighted by Gasteiger charge is -2.16. The Balaban J connectivity index is 2.36. The van der Waals surface area contributed by atoms with Gasteiger partial charge in [0.05, 0.1) is 0 Å². The minimum Gasteiger partial charge on any atom is -0.467 e. The third-order valence-corrected chi connectivity index (χ3v) is 3.26. The van der Waals surface area contributed by atoms with Gasteiger partial charge in [0.25, 0.3) is 0 Å². The van der Waals surface area contributed by atoms with E-state index in [4.69, 9.17) is 0 Å². The highest BCUT2D eigenvalue weighted by Gasteiger charge is 2.38. The van der Waals surface area contributed by atoms with E-state index in [1.54, 1.807) is 24.3 Å². The maximum absolute atomic E-state index is 12.9. The van der Waals surface area contributed by atoms with Crippen molar-refractivity contribution in [3.8, 4) is 5.88 Å². The number of ether oxygens (including phenoxy) is 1. The molecule has 0 aliphatic carbocycles.